The number of aliphatic hydroxyl groups is 1. The predicted molar refractivity (Wildman–Crippen MR) is 79.9 cm³/mol. The van der Waals surface area contributed by atoms with Crippen molar-refractivity contribution in [3.63, 3.8) is 0 Å². The first-order valence-electron chi connectivity index (χ1n) is 6.91. The predicted octanol–water partition coefficient (Wildman–Crippen LogP) is 2.74. The van der Waals surface area contributed by atoms with E-state index < -0.39 is 24.2 Å². The van der Waals surface area contributed by atoms with Crippen molar-refractivity contribution in [2.45, 2.75) is 11.8 Å². The van der Waals surface area contributed by atoms with Crippen LogP contribution in [0, 0.1) is 11.3 Å². The van der Waals surface area contributed by atoms with Crippen molar-refractivity contribution in [1.29, 1.82) is 5.26 Å². The molecule has 4 nitrogen and oxygen atoms in total. The van der Waals surface area contributed by atoms with E-state index >= 15 is 0 Å². The fourth-order valence-corrected chi connectivity index (χ4v) is 2.12. The number of nitrogens with one attached hydrogen (secondary N) is 1. The molecule has 0 aliphatic carbocycles. The minimum absolute atomic E-state index is 0.0339. The minimum atomic E-state index is -4.98. The third kappa shape index (κ3) is 3.55. The summed E-state index contributed by atoms with van der Waals surface area (Å²) in [4.78, 5) is 12.0. The molecule has 2 aromatic rings. The molecule has 2 N–H and O–H groups in total. The molecule has 0 bridgehead atoms. The summed E-state index contributed by atoms with van der Waals surface area (Å²) in [6.45, 7) is -1.05. The van der Waals surface area contributed by atoms with Crippen molar-refractivity contribution in [2.75, 3.05) is 6.54 Å². The zero-order valence-electron chi connectivity index (χ0n) is 12.3. The van der Waals surface area contributed by atoms with Crippen LogP contribution in [0.25, 0.3) is 0 Å². The van der Waals surface area contributed by atoms with E-state index in [2.05, 4.69) is 5.32 Å². The molecule has 1 atom stereocenters. The summed E-state index contributed by atoms with van der Waals surface area (Å²) in [5, 5.41) is 21.0. The molecule has 0 aliphatic heterocycles. The number of halogens is 3. The number of hydrogen-bond acceptors (Lipinski definition) is 3. The Morgan fingerprint density at radius 3 is 2.38 bits per heavy atom. The van der Waals surface area contributed by atoms with Gasteiger partial charge in [0.1, 0.15) is 0 Å². The highest BCUT2D eigenvalue weighted by atomic mass is 19.4. The van der Waals surface area contributed by atoms with Crippen LogP contribution in [0.5, 0.6) is 0 Å². The van der Waals surface area contributed by atoms with Crippen LogP contribution in [0.2, 0.25) is 0 Å². The lowest BCUT2D eigenvalue weighted by molar-refractivity contribution is -0.263. The molecule has 0 fully saturated rings. The first-order chi connectivity index (χ1) is 11.3. The number of carbonyl (C=O) groups excluding carboxylic acids is 1. The number of benzene rings is 2. The van der Waals surface area contributed by atoms with Crippen molar-refractivity contribution in [1.82, 2.24) is 5.32 Å². The SMILES string of the molecule is N#Cc1cccc(C(=O)NC[C@@](O)(c2ccccc2)C(F)(F)F)c1. The van der Waals surface area contributed by atoms with Gasteiger partial charge in [-0.05, 0) is 23.8 Å². The average molecular weight is 334 g/mol. The van der Waals surface area contributed by atoms with Crippen molar-refractivity contribution < 1.29 is 23.1 Å². The summed E-state index contributed by atoms with van der Waals surface area (Å²) < 4.78 is 40.0. The van der Waals surface area contributed by atoms with E-state index in [-0.39, 0.29) is 16.7 Å². The normalized spacial score (nSPS) is 13.6. The molecule has 2 aromatic carbocycles. The zero-order valence-corrected chi connectivity index (χ0v) is 12.3. The molecule has 24 heavy (non-hydrogen) atoms. The van der Waals surface area contributed by atoms with Gasteiger partial charge in [0.15, 0.2) is 0 Å². The van der Waals surface area contributed by atoms with Gasteiger partial charge in [-0.1, -0.05) is 36.4 Å². The second-order valence-corrected chi connectivity index (χ2v) is 5.10. The van der Waals surface area contributed by atoms with E-state index in [9.17, 15) is 23.1 Å². The molecule has 0 unspecified atom stereocenters. The van der Waals surface area contributed by atoms with Crippen molar-refractivity contribution in [3.05, 3.63) is 71.3 Å². The molecule has 0 aliphatic rings. The van der Waals surface area contributed by atoms with Gasteiger partial charge in [-0.3, -0.25) is 4.79 Å². The number of carbonyl (C=O) groups is 1. The molecule has 0 aromatic heterocycles. The van der Waals surface area contributed by atoms with E-state index in [1.807, 2.05) is 6.07 Å². The van der Waals surface area contributed by atoms with Crippen molar-refractivity contribution in [3.8, 4) is 6.07 Å². The van der Waals surface area contributed by atoms with E-state index in [1.165, 1.54) is 42.5 Å². The topological polar surface area (TPSA) is 73.1 Å². The molecular weight excluding hydrogens is 321 g/mol. The fraction of sp³-hybridized carbons (Fsp3) is 0.176. The van der Waals surface area contributed by atoms with Crippen LogP contribution in [0.1, 0.15) is 21.5 Å². The lowest BCUT2D eigenvalue weighted by Crippen LogP contribution is -2.51. The molecule has 0 heterocycles. The minimum Gasteiger partial charge on any atom is -0.375 e. The maximum atomic E-state index is 13.3. The first-order valence-corrected chi connectivity index (χ1v) is 6.91. The van der Waals surface area contributed by atoms with Gasteiger partial charge in [0.25, 0.3) is 5.91 Å². The Kier molecular flexibility index (Phi) is 4.90. The number of hydrogen-bond donors (Lipinski definition) is 2. The average Bonchev–Trinajstić information content (AvgIpc) is 2.59. The standard InChI is InChI=1S/C17H13F3N2O2/c18-17(19,20)16(24,14-7-2-1-3-8-14)11-22-15(23)13-6-4-5-12(9-13)10-21/h1-9,24H,11H2,(H,22,23)/t16-/m1/s1. The quantitative estimate of drug-likeness (QED) is 0.903. The lowest BCUT2D eigenvalue weighted by atomic mass is 9.93. The van der Waals surface area contributed by atoms with Crippen LogP contribution < -0.4 is 5.32 Å². The van der Waals surface area contributed by atoms with Gasteiger partial charge in [-0.15, -0.1) is 0 Å². The molecule has 0 spiro atoms. The number of nitriles is 1. The second-order valence-electron chi connectivity index (χ2n) is 5.10. The Morgan fingerprint density at radius 2 is 1.79 bits per heavy atom. The maximum Gasteiger partial charge on any atom is 0.423 e. The lowest BCUT2D eigenvalue weighted by Gasteiger charge is -2.31. The van der Waals surface area contributed by atoms with Crippen LogP contribution in [-0.2, 0) is 5.60 Å². The molecule has 0 saturated heterocycles. The van der Waals surface area contributed by atoms with Gasteiger partial charge < -0.3 is 10.4 Å². The van der Waals surface area contributed by atoms with E-state index in [0.29, 0.717) is 0 Å². The third-order valence-electron chi connectivity index (χ3n) is 3.48. The van der Waals surface area contributed by atoms with Crippen LogP contribution in [0.3, 0.4) is 0 Å². The molecule has 7 heteroatoms. The monoisotopic (exact) mass is 334 g/mol. The van der Waals surface area contributed by atoms with Crippen LogP contribution in [0.15, 0.2) is 54.6 Å². The van der Waals surface area contributed by atoms with Gasteiger partial charge >= 0.3 is 6.18 Å². The molecular formula is C17H13F3N2O2. The van der Waals surface area contributed by atoms with Crippen molar-refractivity contribution in [2.24, 2.45) is 0 Å². The summed E-state index contributed by atoms with van der Waals surface area (Å²) in [6, 6.07) is 13.9. The Hall–Kier alpha value is -2.85. The Morgan fingerprint density at radius 1 is 1.12 bits per heavy atom. The maximum absolute atomic E-state index is 13.3. The summed E-state index contributed by atoms with van der Waals surface area (Å²) in [6.07, 6.45) is -4.98. The molecule has 0 radical (unpaired) electrons. The van der Waals surface area contributed by atoms with E-state index in [1.54, 1.807) is 0 Å². The van der Waals surface area contributed by atoms with Gasteiger partial charge in [-0.2, -0.15) is 18.4 Å². The highest BCUT2D eigenvalue weighted by molar-refractivity contribution is 5.94. The van der Waals surface area contributed by atoms with Crippen molar-refractivity contribution >= 4 is 5.91 Å². The smallest absolute Gasteiger partial charge is 0.375 e. The third-order valence-corrected chi connectivity index (χ3v) is 3.48. The number of alkyl halides is 3. The molecule has 1 amide bonds. The molecule has 2 rings (SSSR count). The number of amides is 1. The van der Waals surface area contributed by atoms with Gasteiger partial charge in [-0.25, -0.2) is 0 Å². The number of nitrogens with zero attached hydrogens (tertiary/aromatic N) is 1. The van der Waals surface area contributed by atoms with Gasteiger partial charge in [0.2, 0.25) is 5.60 Å². The summed E-state index contributed by atoms with van der Waals surface area (Å²) in [5.74, 6) is -0.814. The fourth-order valence-electron chi connectivity index (χ4n) is 2.12. The first kappa shape index (κ1) is 17.5. The summed E-state index contributed by atoms with van der Waals surface area (Å²) >= 11 is 0. The van der Waals surface area contributed by atoms with Crippen LogP contribution in [0.4, 0.5) is 13.2 Å². The molecule has 124 valence electrons. The number of rotatable bonds is 4. The van der Waals surface area contributed by atoms with Crippen LogP contribution >= 0.6 is 0 Å². The summed E-state index contributed by atoms with van der Waals surface area (Å²) in [5.41, 5.74) is -3.34. The van der Waals surface area contributed by atoms with Gasteiger partial charge in [0, 0.05) is 5.56 Å². The summed E-state index contributed by atoms with van der Waals surface area (Å²) in [7, 11) is 0. The van der Waals surface area contributed by atoms with E-state index in [0.717, 1.165) is 12.1 Å². The Balaban J connectivity index is 2.23. The molecule has 0 saturated carbocycles. The van der Waals surface area contributed by atoms with Crippen LogP contribution in [-0.4, -0.2) is 23.7 Å². The highest BCUT2D eigenvalue weighted by Crippen LogP contribution is 2.38. The highest BCUT2D eigenvalue weighted by Gasteiger charge is 2.55. The Bertz CT molecular complexity index is 769. The van der Waals surface area contributed by atoms with Gasteiger partial charge in [0.05, 0.1) is 18.2 Å². The second kappa shape index (κ2) is 6.72. The Labute approximate surface area is 136 Å². The van der Waals surface area contributed by atoms with E-state index in [4.69, 9.17) is 5.26 Å². The largest absolute Gasteiger partial charge is 0.423 e. The zero-order chi connectivity index (χ0) is 17.8.